The highest BCUT2D eigenvalue weighted by Crippen LogP contribution is 2.33. The monoisotopic (exact) mass is 256 g/mol. The lowest BCUT2D eigenvalue weighted by molar-refractivity contribution is 0.0702. The van der Waals surface area contributed by atoms with E-state index in [-0.39, 0.29) is 4.88 Å². The van der Waals surface area contributed by atoms with Gasteiger partial charge in [-0.25, -0.2) is 9.18 Å². The van der Waals surface area contributed by atoms with E-state index in [1.54, 1.807) is 6.07 Å². The summed E-state index contributed by atoms with van der Waals surface area (Å²) in [4.78, 5) is 11.5. The third-order valence-electron chi connectivity index (χ3n) is 2.01. The maximum absolute atomic E-state index is 13.0. The van der Waals surface area contributed by atoms with Gasteiger partial charge in [0.15, 0.2) is 0 Å². The Labute approximate surface area is 99.9 Å². The van der Waals surface area contributed by atoms with Gasteiger partial charge in [-0.15, -0.1) is 11.3 Å². The highest BCUT2D eigenvalue weighted by molar-refractivity contribution is 7.17. The normalized spacial score (nSPS) is 10.4. The van der Waals surface area contributed by atoms with E-state index in [0.717, 1.165) is 11.3 Å². The molecule has 82 valence electrons. The molecule has 0 aliphatic rings. The average Bonchev–Trinajstić information content (AvgIpc) is 2.70. The topological polar surface area (TPSA) is 37.3 Å². The summed E-state index contributed by atoms with van der Waals surface area (Å²) in [5.74, 6) is -1.39. The minimum absolute atomic E-state index is 0.204. The molecular formula is C11H6ClFO2S. The van der Waals surface area contributed by atoms with Crippen LogP contribution in [0.15, 0.2) is 30.3 Å². The predicted octanol–water partition coefficient (Wildman–Crippen LogP) is 3.91. The summed E-state index contributed by atoms with van der Waals surface area (Å²) < 4.78 is 13.0. The summed E-state index contributed by atoms with van der Waals surface area (Å²) in [7, 11) is 0. The van der Waals surface area contributed by atoms with Crippen LogP contribution in [0, 0.1) is 5.82 Å². The molecule has 0 unspecified atom stereocenters. The van der Waals surface area contributed by atoms with Crippen molar-refractivity contribution in [3.8, 4) is 10.4 Å². The third-order valence-corrected chi connectivity index (χ3v) is 3.45. The number of aromatic carboxylic acids is 1. The van der Waals surface area contributed by atoms with E-state index in [0.29, 0.717) is 15.5 Å². The fourth-order valence-electron chi connectivity index (χ4n) is 1.28. The lowest BCUT2D eigenvalue weighted by atomic mass is 10.2. The Balaban J connectivity index is 2.50. The number of hydrogen-bond donors (Lipinski definition) is 1. The summed E-state index contributed by atoms with van der Waals surface area (Å²) in [5.41, 5.74) is 0.513. The minimum Gasteiger partial charge on any atom is -0.477 e. The van der Waals surface area contributed by atoms with Crippen LogP contribution in [-0.2, 0) is 0 Å². The van der Waals surface area contributed by atoms with Crippen LogP contribution in [0.5, 0.6) is 0 Å². The van der Waals surface area contributed by atoms with Crippen LogP contribution < -0.4 is 0 Å². The zero-order valence-electron chi connectivity index (χ0n) is 7.91. The van der Waals surface area contributed by atoms with E-state index in [4.69, 9.17) is 16.7 Å². The van der Waals surface area contributed by atoms with E-state index >= 15 is 0 Å². The SMILES string of the molecule is O=C(O)c1ccc(-c2cc(F)ccc2Cl)s1. The summed E-state index contributed by atoms with van der Waals surface area (Å²) >= 11 is 6.98. The van der Waals surface area contributed by atoms with Crippen LogP contribution in [0.1, 0.15) is 9.67 Å². The molecule has 2 nitrogen and oxygen atoms in total. The quantitative estimate of drug-likeness (QED) is 0.885. The molecule has 2 rings (SSSR count). The second-order valence-corrected chi connectivity index (χ2v) is 4.58. The third kappa shape index (κ3) is 2.08. The Bertz CT molecular complexity index is 551. The van der Waals surface area contributed by atoms with Crippen molar-refractivity contribution in [2.24, 2.45) is 0 Å². The number of thiophene rings is 1. The van der Waals surface area contributed by atoms with Crippen LogP contribution in [-0.4, -0.2) is 11.1 Å². The maximum atomic E-state index is 13.0. The minimum atomic E-state index is -0.997. The van der Waals surface area contributed by atoms with Gasteiger partial charge in [-0.3, -0.25) is 0 Å². The highest BCUT2D eigenvalue weighted by Gasteiger charge is 2.11. The molecule has 16 heavy (non-hydrogen) atoms. The number of rotatable bonds is 2. The molecule has 5 heteroatoms. The standard InChI is InChI=1S/C11H6ClFO2S/c12-8-2-1-6(13)5-7(8)9-3-4-10(16-9)11(14)15/h1-5H,(H,14,15). The fraction of sp³-hybridized carbons (Fsp3) is 0. The molecule has 0 atom stereocenters. The van der Waals surface area contributed by atoms with Gasteiger partial charge in [0.25, 0.3) is 0 Å². The van der Waals surface area contributed by atoms with Gasteiger partial charge in [-0.2, -0.15) is 0 Å². The van der Waals surface area contributed by atoms with E-state index < -0.39 is 11.8 Å². The van der Waals surface area contributed by atoms with Crippen molar-refractivity contribution in [3.63, 3.8) is 0 Å². The van der Waals surface area contributed by atoms with Crippen molar-refractivity contribution in [1.82, 2.24) is 0 Å². The molecule has 0 aliphatic carbocycles. The van der Waals surface area contributed by atoms with E-state index in [2.05, 4.69) is 0 Å². The average molecular weight is 257 g/mol. The van der Waals surface area contributed by atoms with Crippen LogP contribution in [0.25, 0.3) is 10.4 Å². The highest BCUT2D eigenvalue weighted by atomic mass is 35.5. The first-order valence-electron chi connectivity index (χ1n) is 4.36. The molecule has 0 amide bonds. The van der Waals surface area contributed by atoms with Crippen molar-refractivity contribution in [2.75, 3.05) is 0 Å². The van der Waals surface area contributed by atoms with Crippen molar-refractivity contribution in [3.05, 3.63) is 46.0 Å². The molecular weight excluding hydrogens is 251 g/mol. The molecule has 0 fully saturated rings. The first kappa shape index (κ1) is 11.1. The molecule has 0 saturated carbocycles. The summed E-state index contributed by atoms with van der Waals surface area (Å²) in [6.07, 6.45) is 0. The molecule has 1 N–H and O–H groups in total. The molecule has 0 spiro atoms. The van der Waals surface area contributed by atoms with Crippen LogP contribution in [0.3, 0.4) is 0 Å². The van der Waals surface area contributed by atoms with E-state index in [1.165, 1.54) is 24.3 Å². The van der Waals surface area contributed by atoms with E-state index in [9.17, 15) is 9.18 Å². The van der Waals surface area contributed by atoms with Gasteiger partial charge in [0.1, 0.15) is 10.7 Å². The van der Waals surface area contributed by atoms with Crippen molar-refractivity contribution >= 4 is 28.9 Å². The maximum Gasteiger partial charge on any atom is 0.345 e. The Kier molecular flexibility index (Phi) is 2.94. The van der Waals surface area contributed by atoms with E-state index in [1.807, 2.05) is 0 Å². The van der Waals surface area contributed by atoms with Crippen molar-refractivity contribution in [2.45, 2.75) is 0 Å². The Hall–Kier alpha value is -1.39. The number of carboxylic acid groups (broad SMARTS) is 1. The van der Waals surface area contributed by atoms with Crippen molar-refractivity contribution in [1.29, 1.82) is 0 Å². The number of carboxylic acids is 1. The van der Waals surface area contributed by atoms with Crippen LogP contribution >= 0.6 is 22.9 Å². The number of halogens is 2. The van der Waals surface area contributed by atoms with Gasteiger partial charge in [0.05, 0.1) is 0 Å². The van der Waals surface area contributed by atoms with Gasteiger partial charge >= 0.3 is 5.97 Å². The second-order valence-electron chi connectivity index (χ2n) is 3.09. The zero-order valence-corrected chi connectivity index (χ0v) is 9.48. The fourth-order valence-corrected chi connectivity index (χ4v) is 2.43. The lowest BCUT2D eigenvalue weighted by Crippen LogP contribution is -1.89. The smallest absolute Gasteiger partial charge is 0.345 e. The summed E-state index contributed by atoms with van der Waals surface area (Å²) in [6.45, 7) is 0. The summed E-state index contributed by atoms with van der Waals surface area (Å²) in [5, 5.41) is 9.18. The number of benzene rings is 1. The molecule has 1 aromatic heterocycles. The first-order valence-corrected chi connectivity index (χ1v) is 5.56. The number of carbonyl (C=O) groups is 1. The van der Waals surface area contributed by atoms with Gasteiger partial charge in [-0.1, -0.05) is 11.6 Å². The van der Waals surface area contributed by atoms with Gasteiger partial charge in [0.2, 0.25) is 0 Å². The molecule has 2 aromatic rings. The molecule has 0 saturated heterocycles. The second kappa shape index (κ2) is 4.23. The first-order chi connectivity index (χ1) is 7.58. The van der Waals surface area contributed by atoms with Gasteiger partial charge < -0.3 is 5.11 Å². The van der Waals surface area contributed by atoms with Crippen LogP contribution in [0.4, 0.5) is 4.39 Å². The Morgan fingerprint density at radius 1 is 1.31 bits per heavy atom. The lowest BCUT2D eigenvalue weighted by Gasteiger charge is -2.00. The molecule has 0 radical (unpaired) electrons. The molecule has 0 bridgehead atoms. The zero-order chi connectivity index (χ0) is 11.7. The molecule has 1 heterocycles. The molecule has 0 aliphatic heterocycles. The number of hydrogen-bond acceptors (Lipinski definition) is 2. The van der Waals surface area contributed by atoms with Crippen molar-refractivity contribution < 1.29 is 14.3 Å². The predicted molar refractivity (Wildman–Crippen MR) is 61.7 cm³/mol. The Morgan fingerprint density at radius 2 is 2.06 bits per heavy atom. The molecule has 1 aromatic carbocycles. The van der Waals surface area contributed by atoms with Crippen LogP contribution in [0.2, 0.25) is 5.02 Å². The largest absolute Gasteiger partial charge is 0.477 e. The van der Waals surface area contributed by atoms with Gasteiger partial charge in [-0.05, 0) is 30.3 Å². The summed E-state index contributed by atoms with van der Waals surface area (Å²) in [6, 6.07) is 7.10. The van der Waals surface area contributed by atoms with Gasteiger partial charge in [0, 0.05) is 15.5 Å². The Morgan fingerprint density at radius 3 is 2.69 bits per heavy atom.